The van der Waals surface area contributed by atoms with Crippen LogP contribution in [-0.4, -0.2) is 24.1 Å². The van der Waals surface area contributed by atoms with Gasteiger partial charge in [-0.1, -0.05) is 11.6 Å². The molecule has 0 bridgehead atoms. The Bertz CT molecular complexity index is 972. The Labute approximate surface area is 149 Å². The van der Waals surface area contributed by atoms with Crippen molar-refractivity contribution >= 4 is 33.0 Å². The number of sulfone groups is 1. The molecule has 1 amide bonds. The summed E-state index contributed by atoms with van der Waals surface area (Å²) in [6.07, 6.45) is 1.46. The van der Waals surface area contributed by atoms with E-state index in [1.165, 1.54) is 42.0 Å². The lowest BCUT2D eigenvalue weighted by Gasteiger charge is -2.14. The first kappa shape index (κ1) is 19.1. The van der Waals surface area contributed by atoms with E-state index in [0.29, 0.717) is 5.56 Å². The quantitative estimate of drug-likeness (QED) is 0.852. The van der Waals surface area contributed by atoms with E-state index < -0.39 is 32.6 Å². The van der Waals surface area contributed by atoms with Crippen molar-refractivity contribution in [3.05, 3.63) is 63.3 Å². The van der Waals surface area contributed by atoms with Gasteiger partial charge in [-0.05, 0) is 36.8 Å². The molecular weight excluding hydrogens is 371 g/mol. The lowest BCUT2D eigenvalue weighted by atomic mass is 10.3. The van der Waals surface area contributed by atoms with Crippen molar-refractivity contribution < 1.29 is 17.6 Å². The van der Waals surface area contributed by atoms with E-state index in [-0.39, 0.29) is 16.3 Å². The van der Waals surface area contributed by atoms with Crippen molar-refractivity contribution in [2.24, 2.45) is 7.05 Å². The van der Waals surface area contributed by atoms with Crippen LogP contribution in [0.1, 0.15) is 12.5 Å². The number of nitrogens with one attached hydrogen (secondary N) is 1. The number of hydrogen-bond donors (Lipinski definition) is 1. The third-order valence-corrected chi connectivity index (χ3v) is 5.95. The summed E-state index contributed by atoms with van der Waals surface area (Å²) in [5.74, 6) is -1.86. The van der Waals surface area contributed by atoms with E-state index >= 15 is 0 Å². The van der Waals surface area contributed by atoms with Crippen LogP contribution in [0.15, 0.2) is 41.3 Å². The number of hydrogen-bond acceptors (Lipinski definition) is 4. The van der Waals surface area contributed by atoms with E-state index in [1.807, 2.05) is 0 Å². The van der Waals surface area contributed by atoms with Crippen molar-refractivity contribution in [3.8, 4) is 0 Å². The minimum atomic E-state index is -3.85. The molecule has 0 aliphatic heterocycles. The molecular formula is C16H16ClFN2O4S. The molecule has 0 spiro atoms. The third kappa shape index (κ3) is 4.67. The largest absolute Gasteiger partial charge is 0.325 e. The van der Waals surface area contributed by atoms with Gasteiger partial charge in [0.1, 0.15) is 11.1 Å². The second-order valence-electron chi connectivity index (χ2n) is 5.55. The molecule has 6 nitrogen and oxygen atoms in total. The Morgan fingerprint density at radius 2 is 2.00 bits per heavy atom. The highest BCUT2D eigenvalue weighted by Crippen LogP contribution is 2.20. The van der Waals surface area contributed by atoms with Gasteiger partial charge in [0.15, 0.2) is 9.84 Å². The zero-order valence-corrected chi connectivity index (χ0v) is 15.1. The van der Waals surface area contributed by atoms with E-state index in [0.717, 1.165) is 6.07 Å². The van der Waals surface area contributed by atoms with Crippen LogP contribution >= 0.6 is 11.6 Å². The number of anilines is 1. The highest BCUT2D eigenvalue weighted by Gasteiger charge is 2.28. The minimum Gasteiger partial charge on any atom is -0.325 e. The molecule has 0 aliphatic rings. The topological polar surface area (TPSA) is 85.2 Å². The normalized spacial score (nSPS) is 12.6. The summed E-state index contributed by atoms with van der Waals surface area (Å²) in [5, 5.41) is 0.840. The van der Waals surface area contributed by atoms with Crippen molar-refractivity contribution in [1.82, 2.24) is 4.57 Å². The van der Waals surface area contributed by atoms with Crippen LogP contribution in [0.4, 0.5) is 10.1 Å². The molecule has 0 saturated carbocycles. The van der Waals surface area contributed by atoms with Gasteiger partial charge in [0.25, 0.3) is 5.56 Å². The number of pyridine rings is 1. The Morgan fingerprint density at radius 1 is 1.32 bits per heavy atom. The molecule has 1 aromatic heterocycles. The van der Waals surface area contributed by atoms with E-state index in [4.69, 9.17) is 11.6 Å². The molecule has 0 aliphatic carbocycles. The Kier molecular flexibility index (Phi) is 5.64. The van der Waals surface area contributed by atoms with Crippen molar-refractivity contribution in [2.75, 3.05) is 5.32 Å². The predicted molar refractivity (Wildman–Crippen MR) is 93.8 cm³/mol. The summed E-state index contributed by atoms with van der Waals surface area (Å²) in [7, 11) is -2.30. The fourth-order valence-electron chi connectivity index (χ4n) is 2.02. The molecule has 2 aromatic rings. The van der Waals surface area contributed by atoms with Crippen LogP contribution in [0.3, 0.4) is 0 Å². The van der Waals surface area contributed by atoms with Gasteiger partial charge in [-0.2, -0.15) is 0 Å². The zero-order chi connectivity index (χ0) is 18.8. The summed E-state index contributed by atoms with van der Waals surface area (Å²) < 4.78 is 39.2. The van der Waals surface area contributed by atoms with Crippen LogP contribution in [-0.2, 0) is 27.4 Å². The molecule has 0 fully saturated rings. The van der Waals surface area contributed by atoms with E-state index in [1.54, 1.807) is 7.05 Å². The highest BCUT2D eigenvalue weighted by atomic mass is 35.5. The van der Waals surface area contributed by atoms with Crippen LogP contribution in [0, 0.1) is 5.82 Å². The Hall–Kier alpha value is -2.19. The summed E-state index contributed by atoms with van der Waals surface area (Å²) in [5.41, 5.74) is 0.144. The number of benzene rings is 1. The highest BCUT2D eigenvalue weighted by molar-refractivity contribution is 7.92. The van der Waals surface area contributed by atoms with Gasteiger partial charge in [-0.3, -0.25) is 9.59 Å². The number of aromatic nitrogens is 1. The molecule has 1 heterocycles. The van der Waals surface area contributed by atoms with Crippen LogP contribution < -0.4 is 10.9 Å². The molecule has 1 aromatic carbocycles. The average Bonchev–Trinajstić information content (AvgIpc) is 2.53. The fraction of sp³-hybridized carbons (Fsp3) is 0.250. The second kappa shape index (κ2) is 7.37. The molecule has 134 valence electrons. The first-order valence-electron chi connectivity index (χ1n) is 7.23. The monoisotopic (exact) mass is 386 g/mol. The van der Waals surface area contributed by atoms with Gasteiger partial charge in [-0.25, -0.2) is 12.8 Å². The lowest BCUT2D eigenvalue weighted by molar-refractivity contribution is -0.115. The lowest BCUT2D eigenvalue weighted by Crippen LogP contribution is -2.33. The first-order chi connectivity index (χ1) is 11.6. The van der Waals surface area contributed by atoms with Gasteiger partial charge in [0, 0.05) is 25.0 Å². The summed E-state index contributed by atoms with van der Waals surface area (Å²) >= 11 is 5.63. The number of aryl methyl sites for hydroxylation is 1. The molecule has 1 atom stereocenters. The maximum absolute atomic E-state index is 13.1. The maximum atomic E-state index is 13.1. The standard InChI is InChI=1S/C16H16ClFN2O4S/c1-10(16(22)19-12-3-4-14(18)13(17)8-12)25(23,24)9-11-5-6-20(2)15(21)7-11/h3-8,10H,9H2,1-2H3,(H,19,22). The fourth-order valence-corrected chi connectivity index (χ4v) is 3.48. The molecule has 2 rings (SSSR count). The molecule has 0 saturated heterocycles. The molecule has 9 heteroatoms. The summed E-state index contributed by atoms with van der Waals surface area (Å²) in [4.78, 5) is 23.7. The van der Waals surface area contributed by atoms with Crippen LogP contribution in [0.25, 0.3) is 0 Å². The second-order valence-corrected chi connectivity index (χ2v) is 8.28. The van der Waals surface area contributed by atoms with Gasteiger partial charge in [0.2, 0.25) is 5.91 Å². The maximum Gasteiger partial charge on any atom is 0.250 e. The van der Waals surface area contributed by atoms with Crippen molar-refractivity contribution in [1.29, 1.82) is 0 Å². The minimum absolute atomic E-state index is 0.187. The van der Waals surface area contributed by atoms with Crippen LogP contribution in [0.5, 0.6) is 0 Å². The zero-order valence-electron chi connectivity index (χ0n) is 13.5. The van der Waals surface area contributed by atoms with Crippen LogP contribution in [0.2, 0.25) is 5.02 Å². The summed E-state index contributed by atoms with van der Waals surface area (Å²) in [6, 6.07) is 6.25. The first-order valence-corrected chi connectivity index (χ1v) is 9.32. The van der Waals surface area contributed by atoms with E-state index in [2.05, 4.69) is 5.32 Å². The molecule has 1 N–H and O–H groups in total. The number of nitrogens with zero attached hydrogens (tertiary/aromatic N) is 1. The number of carbonyl (C=O) groups is 1. The SMILES string of the molecule is CC(C(=O)Nc1ccc(F)c(Cl)c1)S(=O)(=O)Cc1ccn(C)c(=O)c1. The molecule has 0 radical (unpaired) electrons. The van der Waals surface area contributed by atoms with Gasteiger partial charge >= 0.3 is 0 Å². The number of carbonyl (C=O) groups excluding carboxylic acids is 1. The predicted octanol–water partition coefficient (Wildman–Crippen LogP) is 2.12. The number of rotatable bonds is 5. The number of halogens is 2. The molecule has 25 heavy (non-hydrogen) atoms. The average molecular weight is 387 g/mol. The smallest absolute Gasteiger partial charge is 0.250 e. The molecule has 1 unspecified atom stereocenters. The van der Waals surface area contributed by atoms with E-state index in [9.17, 15) is 22.4 Å². The summed E-state index contributed by atoms with van der Waals surface area (Å²) in [6.45, 7) is 1.25. The van der Waals surface area contributed by atoms with Gasteiger partial charge in [0.05, 0.1) is 10.8 Å². The van der Waals surface area contributed by atoms with Gasteiger partial charge in [-0.15, -0.1) is 0 Å². The number of amides is 1. The third-order valence-electron chi connectivity index (χ3n) is 3.63. The Morgan fingerprint density at radius 3 is 2.60 bits per heavy atom. The van der Waals surface area contributed by atoms with Gasteiger partial charge < -0.3 is 9.88 Å². The Balaban J connectivity index is 2.14. The van der Waals surface area contributed by atoms with Crippen molar-refractivity contribution in [2.45, 2.75) is 17.9 Å². The van der Waals surface area contributed by atoms with Crippen molar-refractivity contribution in [3.63, 3.8) is 0 Å².